The van der Waals surface area contributed by atoms with Crippen molar-refractivity contribution in [2.24, 2.45) is 5.92 Å². The molecule has 0 radical (unpaired) electrons. The van der Waals surface area contributed by atoms with Crippen LogP contribution in [0.1, 0.15) is 13.8 Å². The third-order valence-electron chi connectivity index (χ3n) is 2.32. The van der Waals surface area contributed by atoms with Crippen LogP contribution in [0.4, 0.5) is 0 Å². The molecule has 0 saturated heterocycles. The van der Waals surface area contributed by atoms with Crippen LogP contribution in [0, 0.1) is 5.92 Å². The summed E-state index contributed by atoms with van der Waals surface area (Å²) < 4.78 is 0. The lowest BCUT2D eigenvalue weighted by molar-refractivity contribution is 0.801. The van der Waals surface area contributed by atoms with Crippen LogP contribution in [0.25, 0.3) is 11.8 Å². The first-order valence-electron chi connectivity index (χ1n) is 4.87. The molecular formula is C13H13N. The Morgan fingerprint density at radius 1 is 1.36 bits per heavy atom. The molecule has 0 aliphatic heterocycles. The molecule has 0 saturated carbocycles. The SMILES string of the molecule is CC(C)C1=CC=C=c2cccnc2=C1. The molecule has 0 bridgehead atoms. The zero-order valence-corrected chi connectivity index (χ0v) is 8.49. The Kier molecular flexibility index (Phi) is 2.34. The second-order valence-electron chi connectivity index (χ2n) is 3.71. The van der Waals surface area contributed by atoms with Gasteiger partial charge in [0.15, 0.2) is 0 Å². The summed E-state index contributed by atoms with van der Waals surface area (Å²) in [6.45, 7) is 4.37. The second kappa shape index (κ2) is 3.65. The molecule has 0 fully saturated rings. The minimum atomic E-state index is 0.529. The zero-order valence-electron chi connectivity index (χ0n) is 8.49. The van der Waals surface area contributed by atoms with E-state index >= 15 is 0 Å². The standard InChI is InChI=1S/C13H13N/c1-10(2)12-6-3-5-11-7-4-8-14-13(11)9-12/h3-4,6-10H,1-2H3. The molecule has 1 nitrogen and oxygen atoms in total. The lowest BCUT2D eigenvalue weighted by Crippen LogP contribution is -2.26. The summed E-state index contributed by atoms with van der Waals surface area (Å²) in [5.74, 6) is 0.529. The van der Waals surface area contributed by atoms with Crippen molar-refractivity contribution in [3.63, 3.8) is 0 Å². The van der Waals surface area contributed by atoms with Crippen LogP contribution >= 0.6 is 0 Å². The van der Waals surface area contributed by atoms with E-state index in [-0.39, 0.29) is 0 Å². The number of rotatable bonds is 1. The summed E-state index contributed by atoms with van der Waals surface area (Å²) >= 11 is 0. The van der Waals surface area contributed by atoms with Gasteiger partial charge in [0.2, 0.25) is 0 Å². The molecule has 1 aliphatic carbocycles. The van der Waals surface area contributed by atoms with Gasteiger partial charge in [0.05, 0.1) is 5.35 Å². The maximum Gasteiger partial charge on any atom is 0.0782 e. The van der Waals surface area contributed by atoms with Gasteiger partial charge in [-0.05, 0) is 35.8 Å². The Morgan fingerprint density at radius 3 is 3.00 bits per heavy atom. The van der Waals surface area contributed by atoms with Crippen LogP contribution in [0.2, 0.25) is 0 Å². The summed E-state index contributed by atoms with van der Waals surface area (Å²) in [6, 6.07) is 3.97. The third-order valence-corrected chi connectivity index (χ3v) is 2.32. The largest absolute Gasteiger partial charge is 0.256 e. The van der Waals surface area contributed by atoms with Gasteiger partial charge in [-0.25, -0.2) is 0 Å². The van der Waals surface area contributed by atoms with Gasteiger partial charge >= 0.3 is 0 Å². The zero-order chi connectivity index (χ0) is 9.97. The van der Waals surface area contributed by atoms with Crippen molar-refractivity contribution in [3.05, 3.63) is 46.6 Å². The van der Waals surface area contributed by atoms with E-state index in [0.717, 1.165) is 10.6 Å². The molecule has 0 N–H and O–H groups in total. The topological polar surface area (TPSA) is 12.9 Å². The molecule has 1 aromatic rings. The van der Waals surface area contributed by atoms with E-state index in [1.807, 2.05) is 24.4 Å². The quantitative estimate of drug-likeness (QED) is 0.641. The molecule has 1 heterocycles. The van der Waals surface area contributed by atoms with E-state index in [2.05, 4.69) is 36.7 Å². The van der Waals surface area contributed by atoms with Crippen LogP contribution < -0.4 is 10.6 Å². The molecule has 2 rings (SSSR count). The second-order valence-corrected chi connectivity index (χ2v) is 3.71. The average Bonchev–Trinajstić information content (AvgIpc) is 2.39. The van der Waals surface area contributed by atoms with Gasteiger partial charge < -0.3 is 0 Å². The Bertz CT molecular complexity index is 514. The first-order chi connectivity index (χ1) is 6.77. The first kappa shape index (κ1) is 8.98. The van der Waals surface area contributed by atoms with Crippen molar-refractivity contribution >= 4 is 11.8 Å². The molecule has 0 amide bonds. The summed E-state index contributed by atoms with van der Waals surface area (Å²) in [5.41, 5.74) is 4.52. The fourth-order valence-electron chi connectivity index (χ4n) is 1.45. The highest BCUT2D eigenvalue weighted by atomic mass is 14.6. The Balaban J connectivity index is 2.70. The number of allylic oxidation sites excluding steroid dienone is 3. The molecule has 14 heavy (non-hydrogen) atoms. The van der Waals surface area contributed by atoms with Crippen LogP contribution in [0.15, 0.2) is 36.1 Å². The average molecular weight is 183 g/mol. The Labute approximate surface area is 83.8 Å². The number of aromatic nitrogens is 1. The molecule has 1 heteroatoms. The molecule has 0 spiro atoms. The normalized spacial score (nSPS) is 13.8. The van der Waals surface area contributed by atoms with E-state index in [1.54, 1.807) is 0 Å². The molecule has 0 atom stereocenters. The minimum absolute atomic E-state index is 0.529. The summed E-state index contributed by atoms with van der Waals surface area (Å²) in [7, 11) is 0. The van der Waals surface area contributed by atoms with Gasteiger partial charge in [0.25, 0.3) is 0 Å². The fourth-order valence-corrected chi connectivity index (χ4v) is 1.45. The fraction of sp³-hybridized carbons (Fsp3) is 0.231. The van der Waals surface area contributed by atoms with Crippen LogP contribution in [-0.2, 0) is 0 Å². The smallest absolute Gasteiger partial charge is 0.0782 e. The molecule has 1 aromatic heterocycles. The van der Waals surface area contributed by atoms with Gasteiger partial charge in [-0.2, -0.15) is 0 Å². The van der Waals surface area contributed by atoms with Crippen molar-refractivity contribution in [2.75, 3.05) is 0 Å². The highest BCUT2D eigenvalue weighted by Crippen LogP contribution is 2.10. The van der Waals surface area contributed by atoms with Gasteiger partial charge in [0, 0.05) is 11.4 Å². The summed E-state index contributed by atoms with van der Waals surface area (Å²) in [5, 5.41) is 2.08. The first-order valence-corrected chi connectivity index (χ1v) is 4.87. The van der Waals surface area contributed by atoms with Gasteiger partial charge in [-0.1, -0.05) is 19.9 Å². The van der Waals surface area contributed by atoms with E-state index in [9.17, 15) is 0 Å². The number of hydrogen-bond donors (Lipinski definition) is 0. The van der Waals surface area contributed by atoms with Crippen molar-refractivity contribution in [1.82, 2.24) is 4.98 Å². The molecule has 0 aromatic carbocycles. The van der Waals surface area contributed by atoms with Crippen molar-refractivity contribution in [2.45, 2.75) is 13.8 Å². The molecular weight excluding hydrogens is 170 g/mol. The lowest BCUT2D eigenvalue weighted by Gasteiger charge is -2.03. The van der Waals surface area contributed by atoms with Crippen molar-refractivity contribution < 1.29 is 0 Å². The van der Waals surface area contributed by atoms with Crippen LogP contribution in [0.3, 0.4) is 0 Å². The lowest BCUT2D eigenvalue weighted by atomic mass is 10.0. The maximum absolute atomic E-state index is 4.33. The van der Waals surface area contributed by atoms with Gasteiger partial charge in [-0.15, -0.1) is 5.73 Å². The Morgan fingerprint density at radius 2 is 2.21 bits per heavy atom. The van der Waals surface area contributed by atoms with Gasteiger partial charge in [-0.3, -0.25) is 4.98 Å². The van der Waals surface area contributed by atoms with E-state index < -0.39 is 0 Å². The summed E-state index contributed by atoms with van der Waals surface area (Å²) in [6.07, 6.45) is 8.03. The Hall–Kier alpha value is -1.59. The highest BCUT2D eigenvalue weighted by Gasteiger charge is 1.99. The van der Waals surface area contributed by atoms with E-state index in [1.165, 1.54) is 5.57 Å². The predicted octanol–water partition coefficient (Wildman–Crippen LogP) is 1.39. The van der Waals surface area contributed by atoms with Crippen molar-refractivity contribution in [1.29, 1.82) is 0 Å². The van der Waals surface area contributed by atoms with Gasteiger partial charge in [0.1, 0.15) is 0 Å². The van der Waals surface area contributed by atoms with Crippen LogP contribution in [0.5, 0.6) is 0 Å². The highest BCUT2D eigenvalue weighted by molar-refractivity contribution is 5.51. The number of pyridine rings is 1. The molecule has 1 aliphatic rings. The number of fused-ring (bicyclic) bond motifs is 1. The maximum atomic E-state index is 4.33. The van der Waals surface area contributed by atoms with E-state index in [0.29, 0.717) is 5.92 Å². The third kappa shape index (κ3) is 1.68. The van der Waals surface area contributed by atoms with Crippen molar-refractivity contribution in [3.8, 4) is 0 Å². The predicted molar refractivity (Wildman–Crippen MR) is 58.9 cm³/mol. The monoisotopic (exact) mass is 183 g/mol. The molecule has 0 unspecified atom stereocenters. The van der Waals surface area contributed by atoms with Crippen LogP contribution in [-0.4, -0.2) is 4.98 Å². The minimum Gasteiger partial charge on any atom is -0.256 e. The van der Waals surface area contributed by atoms with E-state index in [4.69, 9.17) is 0 Å². The summed E-state index contributed by atoms with van der Waals surface area (Å²) in [4.78, 5) is 4.33. The molecule has 70 valence electrons. The number of nitrogens with zero attached hydrogens (tertiary/aromatic N) is 1. The number of hydrogen-bond acceptors (Lipinski definition) is 1.